The van der Waals surface area contributed by atoms with E-state index in [1.54, 1.807) is 17.7 Å². The molecule has 0 spiro atoms. The van der Waals surface area contributed by atoms with E-state index in [0.29, 0.717) is 0 Å². The van der Waals surface area contributed by atoms with Crippen molar-refractivity contribution >= 4 is 43.6 Å². The van der Waals surface area contributed by atoms with Gasteiger partial charge >= 0.3 is 6.09 Å². The van der Waals surface area contributed by atoms with Crippen molar-refractivity contribution < 1.29 is 22.1 Å². The molecular formula is C22H32N4O5S2. The number of alkyl carbamates (subject to hydrolysis) is 1. The van der Waals surface area contributed by atoms with Gasteiger partial charge in [0.2, 0.25) is 0 Å². The first-order valence-corrected chi connectivity index (χ1v) is 14.0. The summed E-state index contributed by atoms with van der Waals surface area (Å²) in [5.41, 5.74) is 0.619. The average molecular weight is 497 g/mol. The van der Waals surface area contributed by atoms with Crippen LogP contribution in [0, 0.1) is 0 Å². The van der Waals surface area contributed by atoms with E-state index in [-0.39, 0.29) is 30.7 Å². The van der Waals surface area contributed by atoms with Crippen molar-refractivity contribution in [2.75, 3.05) is 18.2 Å². The number of aryl methyl sites for hydroxylation is 1. The Morgan fingerprint density at radius 2 is 1.85 bits per heavy atom. The maximum Gasteiger partial charge on any atom is 0.407 e. The SMILES string of the molecule is CC(C)(C)OC(=O)NC1CCC(Nc2ncnc3sc4c(c23)[C@@H](COS(C)(=O)=O)CC4)CC1. The molecule has 1 atom stereocenters. The molecule has 1 amide bonds. The third-order valence-electron chi connectivity index (χ3n) is 6.00. The maximum absolute atomic E-state index is 12.1. The van der Waals surface area contributed by atoms with Gasteiger partial charge in [-0.15, -0.1) is 11.3 Å². The molecule has 1 fully saturated rings. The first-order valence-electron chi connectivity index (χ1n) is 11.4. The molecule has 0 aliphatic heterocycles. The number of carbonyl (C=O) groups excluding carboxylic acids is 1. The minimum absolute atomic E-state index is 0.0174. The second-order valence-electron chi connectivity index (χ2n) is 9.90. The van der Waals surface area contributed by atoms with Crippen LogP contribution in [0.5, 0.6) is 0 Å². The van der Waals surface area contributed by atoms with E-state index in [2.05, 4.69) is 20.6 Å². The highest BCUT2D eigenvalue weighted by Gasteiger charge is 2.32. The Morgan fingerprint density at radius 3 is 2.52 bits per heavy atom. The van der Waals surface area contributed by atoms with Gasteiger partial charge < -0.3 is 15.4 Å². The van der Waals surface area contributed by atoms with E-state index in [1.165, 1.54) is 4.88 Å². The van der Waals surface area contributed by atoms with Crippen LogP contribution in [0.4, 0.5) is 10.6 Å². The van der Waals surface area contributed by atoms with Crippen LogP contribution in [0.25, 0.3) is 10.2 Å². The van der Waals surface area contributed by atoms with Gasteiger partial charge in [-0.3, -0.25) is 4.18 Å². The number of anilines is 1. The predicted octanol–water partition coefficient (Wildman–Crippen LogP) is 3.95. The lowest BCUT2D eigenvalue weighted by atomic mass is 9.91. The summed E-state index contributed by atoms with van der Waals surface area (Å²) in [5, 5.41) is 7.56. The number of amides is 1. The fraction of sp³-hybridized carbons (Fsp3) is 0.682. The fourth-order valence-electron chi connectivity index (χ4n) is 4.60. The minimum atomic E-state index is -3.49. The summed E-state index contributed by atoms with van der Waals surface area (Å²) in [6, 6.07) is 0.341. The van der Waals surface area contributed by atoms with Gasteiger partial charge in [0.15, 0.2) is 0 Å². The van der Waals surface area contributed by atoms with Crippen LogP contribution in [0.3, 0.4) is 0 Å². The molecule has 182 valence electrons. The Balaban J connectivity index is 1.42. The van der Waals surface area contributed by atoms with Crippen molar-refractivity contribution in [1.29, 1.82) is 0 Å². The predicted molar refractivity (Wildman–Crippen MR) is 128 cm³/mol. The van der Waals surface area contributed by atoms with Gasteiger partial charge in [0.1, 0.15) is 22.6 Å². The number of ether oxygens (including phenoxy) is 1. The second-order valence-corrected chi connectivity index (χ2v) is 12.6. The molecule has 1 saturated carbocycles. The zero-order valence-electron chi connectivity index (χ0n) is 19.5. The van der Waals surface area contributed by atoms with Gasteiger partial charge in [0.05, 0.1) is 18.2 Å². The van der Waals surface area contributed by atoms with Crippen LogP contribution in [0.15, 0.2) is 6.33 Å². The molecule has 2 aromatic rings. The standard InChI is InChI=1S/C22H32N4O5S2/c1-22(2,3)31-21(27)26-15-8-6-14(7-9-15)25-19-18-17-13(11-30-33(4,28)29)5-10-16(17)32-20(18)24-12-23-19/h12-15H,5-11H2,1-4H3,(H,26,27)(H,23,24,25)/t13-,14?,15?/m1/s1. The molecule has 0 unspecified atom stereocenters. The average Bonchev–Trinajstić information content (AvgIpc) is 3.25. The zero-order chi connectivity index (χ0) is 23.8. The third kappa shape index (κ3) is 6.13. The van der Waals surface area contributed by atoms with Crippen LogP contribution in [-0.4, -0.2) is 55.0 Å². The van der Waals surface area contributed by atoms with E-state index in [0.717, 1.165) is 66.4 Å². The number of aromatic nitrogens is 2. The van der Waals surface area contributed by atoms with Crippen molar-refractivity contribution in [1.82, 2.24) is 15.3 Å². The monoisotopic (exact) mass is 496 g/mol. The maximum atomic E-state index is 12.1. The summed E-state index contributed by atoms with van der Waals surface area (Å²) in [6.45, 7) is 5.71. The molecule has 9 nitrogen and oxygen atoms in total. The van der Waals surface area contributed by atoms with E-state index in [9.17, 15) is 13.2 Å². The number of nitrogens with zero attached hydrogens (tertiary/aromatic N) is 2. The van der Waals surface area contributed by atoms with E-state index in [1.807, 2.05) is 20.8 Å². The van der Waals surface area contributed by atoms with Crippen molar-refractivity contribution in [3.8, 4) is 0 Å². The molecule has 11 heteroatoms. The lowest BCUT2D eigenvalue weighted by Crippen LogP contribution is -2.42. The Labute approximate surface area is 198 Å². The summed E-state index contributed by atoms with van der Waals surface area (Å²) in [7, 11) is -3.49. The Morgan fingerprint density at radius 1 is 1.15 bits per heavy atom. The normalized spacial score (nSPS) is 23.3. The zero-order valence-corrected chi connectivity index (χ0v) is 21.1. The third-order valence-corrected chi connectivity index (χ3v) is 7.74. The first kappa shape index (κ1) is 24.2. The summed E-state index contributed by atoms with van der Waals surface area (Å²) < 4.78 is 33.5. The molecule has 2 aliphatic carbocycles. The highest BCUT2D eigenvalue weighted by atomic mass is 32.2. The lowest BCUT2D eigenvalue weighted by Gasteiger charge is -2.31. The van der Waals surface area contributed by atoms with Gasteiger partial charge in [-0.2, -0.15) is 8.42 Å². The van der Waals surface area contributed by atoms with E-state index < -0.39 is 15.7 Å². The van der Waals surface area contributed by atoms with Crippen molar-refractivity contribution in [3.63, 3.8) is 0 Å². The molecule has 33 heavy (non-hydrogen) atoms. The van der Waals surface area contributed by atoms with Crippen molar-refractivity contribution in [2.24, 2.45) is 0 Å². The fourth-order valence-corrected chi connectivity index (χ4v) is 6.25. The quantitative estimate of drug-likeness (QED) is 0.577. The number of hydrogen-bond acceptors (Lipinski definition) is 9. The Bertz CT molecular complexity index is 1120. The molecule has 0 bridgehead atoms. The molecule has 2 N–H and O–H groups in total. The molecule has 0 aromatic carbocycles. The van der Waals surface area contributed by atoms with Gasteiger partial charge in [-0.25, -0.2) is 14.8 Å². The van der Waals surface area contributed by atoms with Crippen LogP contribution in [0.2, 0.25) is 0 Å². The van der Waals surface area contributed by atoms with Gasteiger partial charge in [0, 0.05) is 22.9 Å². The minimum Gasteiger partial charge on any atom is -0.444 e. The molecule has 2 aromatic heterocycles. The topological polar surface area (TPSA) is 120 Å². The number of carbonyl (C=O) groups is 1. The summed E-state index contributed by atoms with van der Waals surface area (Å²) in [6.07, 6.45) is 7.57. The van der Waals surface area contributed by atoms with Gasteiger partial charge in [-0.05, 0) is 64.9 Å². The molecule has 0 radical (unpaired) electrons. The number of thiophene rings is 1. The molecule has 4 rings (SSSR count). The van der Waals surface area contributed by atoms with Gasteiger partial charge in [-0.1, -0.05) is 0 Å². The van der Waals surface area contributed by atoms with Crippen molar-refractivity contribution in [3.05, 3.63) is 16.8 Å². The van der Waals surface area contributed by atoms with Crippen molar-refractivity contribution in [2.45, 2.75) is 82.9 Å². The first-order chi connectivity index (χ1) is 15.5. The summed E-state index contributed by atoms with van der Waals surface area (Å²) >= 11 is 1.65. The van der Waals surface area contributed by atoms with Gasteiger partial charge in [0.25, 0.3) is 10.1 Å². The van der Waals surface area contributed by atoms with Crippen LogP contribution in [-0.2, 0) is 25.5 Å². The van der Waals surface area contributed by atoms with Crippen LogP contribution < -0.4 is 10.6 Å². The Kier molecular flexibility index (Phi) is 6.84. The number of rotatable bonds is 6. The number of hydrogen-bond donors (Lipinski definition) is 2. The number of fused-ring (bicyclic) bond motifs is 3. The smallest absolute Gasteiger partial charge is 0.407 e. The summed E-state index contributed by atoms with van der Waals surface area (Å²) in [5.74, 6) is 0.816. The molecule has 0 saturated heterocycles. The molecular weight excluding hydrogens is 464 g/mol. The Hall–Kier alpha value is -1.98. The second kappa shape index (κ2) is 9.34. The van der Waals surface area contributed by atoms with E-state index >= 15 is 0 Å². The number of nitrogens with one attached hydrogen (secondary N) is 2. The summed E-state index contributed by atoms with van der Waals surface area (Å²) in [4.78, 5) is 23.2. The van der Waals surface area contributed by atoms with Crippen LogP contribution in [0.1, 0.15) is 69.2 Å². The lowest BCUT2D eigenvalue weighted by molar-refractivity contribution is 0.0492. The largest absolute Gasteiger partial charge is 0.444 e. The van der Waals surface area contributed by atoms with E-state index in [4.69, 9.17) is 8.92 Å². The van der Waals surface area contributed by atoms with Crippen LogP contribution >= 0.6 is 11.3 Å². The molecule has 2 heterocycles. The highest BCUT2D eigenvalue weighted by Crippen LogP contribution is 2.45. The molecule has 2 aliphatic rings. The highest BCUT2D eigenvalue weighted by molar-refractivity contribution is 7.85.